The zero-order valence-electron chi connectivity index (χ0n) is 14.8. The molecular formula is C19H35N3O. The number of hydrogen-bond donors (Lipinski definition) is 1. The Morgan fingerprint density at radius 3 is 2.30 bits per heavy atom. The van der Waals surface area contributed by atoms with Gasteiger partial charge in [0.2, 0.25) is 5.91 Å². The van der Waals surface area contributed by atoms with Gasteiger partial charge in [-0.05, 0) is 44.6 Å². The number of carbonyl (C=O) groups excluding carboxylic acids is 1. The minimum Gasteiger partial charge on any atom is -0.340 e. The Bertz CT molecular complexity index is 386. The summed E-state index contributed by atoms with van der Waals surface area (Å²) >= 11 is 0. The summed E-state index contributed by atoms with van der Waals surface area (Å²) in [6, 6.07) is 0. The summed E-state index contributed by atoms with van der Waals surface area (Å²) in [5.74, 6) is 1.13. The highest BCUT2D eigenvalue weighted by Gasteiger charge is 2.38. The van der Waals surface area contributed by atoms with Gasteiger partial charge in [0.1, 0.15) is 0 Å². The summed E-state index contributed by atoms with van der Waals surface area (Å²) in [4.78, 5) is 17.6. The molecule has 1 aliphatic heterocycles. The first kappa shape index (κ1) is 17.2. The number of carbonyl (C=O) groups is 1. The molecule has 0 aromatic rings. The maximum Gasteiger partial charge on any atom is 0.242 e. The molecule has 0 radical (unpaired) electrons. The maximum atomic E-state index is 12.9. The van der Waals surface area contributed by atoms with Crippen LogP contribution in [-0.4, -0.2) is 54.0 Å². The van der Waals surface area contributed by atoms with Gasteiger partial charge in [0.05, 0.1) is 5.54 Å². The summed E-state index contributed by atoms with van der Waals surface area (Å²) in [5, 5.41) is 0. The molecule has 1 saturated heterocycles. The lowest BCUT2D eigenvalue weighted by Crippen LogP contribution is -2.56. The van der Waals surface area contributed by atoms with Crippen LogP contribution in [0.1, 0.15) is 70.6 Å². The van der Waals surface area contributed by atoms with Gasteiger partial charge in [0, 0.05) is 26.2 Å². The third kappa shape index (κ3) is 4.48. The summed E-state index contributed by atoms with van der Waals surface area (Å²) in [7, 11) is 0. The van der Waals surface area contributed by atoms with E-state index in [1.54, 1.807) is 0 Å². The number of hydrogen-bond acceptors (Lipinski definition) is 3. The average Bonchev–Trinajstić information content (AvgIpc) is 2.81. The lowest BCUT2D eigenvalue weighted by molar-refractivity contribution is -0.138. The second-order valence-electron chi connectivity index (χ2n) is 8.17. The molecule has 0 atom stereocenters. The molecule has 3 fully saturated rings. The van der Waals surface area contributed by atoms with E-state index < -0.39 is 5.54 Å². The monoisotopic (exact) mass is 321 g/mol. The van der Waals surface area contributed by atoms with Gasteiger partial charge in [-0.25, -0.2) is 0 Å². The van der Waals surface area contributed by atoms with Gasteiger partial charge in [0.15, 0.2) is 0 Å². The second-order valence-corrected chi connectivity index (χ2v) is 8.17. The predicted molar refractivity (Wildman–Crippen MR) is 94.2 cm³/mol. The summed E-state index contributed by atoms with van der Waals surface area (Å²) < 4.78 is 0. The predicted octanol–water partition coefficient (Wildman–Crippen LogP) is 2.76. The Kier molecular flexibility index (Phi) is 5.97. The van der Waals surface area contributed by atoms with Crippen LogP contribution in [0.3, 0.4) is 0 Å². The number of nitrogens with two attached hydrogens (primary N) is 1. The standard InChI is InChI=1S/C19H35N3O/c20-19(10-5-2-6-11-19)18(23)22-13-7-12-21(14-15-22)16-17-8-3-1-4-9-17/h17H,1-16,20H2. The van der Waals surface area contributed by atoms with Crippen molar-refractivity contribution < 1.29 is 4.79 Å². The fraction of sp³-hybridized carbons (Fsp3) is 0.947. The Labute approximate surface area is 141 Å². The van der Waals surface area contributed by atoms with Gasteiger partial charge >= 0.3 is 0 Å². The molecule has 23 heavy (non-hydrogen) atoms. The zero-order valence-corrected chi connectivity index (χ0v) is 14.8. The molecule has 3 aliphatic rings. The van der Waals surface area contributed by atoms with E-state index in [9.17, 15) is 4.79 Å². The Morgan fingerprint density at radius 2 is 1.57 bits per heavy atom. The molecule has 0 aromatic heterocycles. The molecule has 2 saturated carbocycles. The maximum absolute atomic E-state index is 12.9. The quantitative estimate of drug-likeness (QED) is 0.869. The number of nitrogens with zero attached hydrogens (tertiary/aromatic N) is 2. The molecule has 4 nitrogen and oxygen atoms in total. The smallest absolute Gasteiger partial charge is 0.242 e. The largest absolute Gasteiger partial charge is 0.340 e. The Morgan fingerprint density at radius 1 is 0.870 bits per heavy atom. The van der Waals surface area contributed by atoms with Crippen molar-refractivity contribution >= 4 is 5.91 Å². The number of rotatable bonds is 3. The lowest BCUT2D eigenvalue weighted by atomic mass is 9.81. The van der Waals surface area contributed by atoms with Crippen molar-refractivity contribution in [1.29, 1.82) is 0 Å². The van der Waals surface area contributed by atoms with E-state index in [0.717, 1.165) is 64.2 Å². The average molecular weight is 322 g/mol. The van der Waals surface area contributed by atoms with Crippen molar-refractivity contribution in [3.63, 3.8) is 0 Å². The highest BCUT2D eigenvalue weighted by Crippen LogP contribution is 2.28. The summed E-state index contributed by atoms with van der Waals surface area (Å²) in [5.41, 5.74) is 5.90. The van der Waals surface area contributed by atoms with Gasteiger partial charge in [-0.1, -0.05) is 38.5 Å². The third-order valence-corrected chi connectivity index (χ3v) is 6.29. The van der Waals surface area contributed by atoms with E-state index >= 15 is 0 Å². The van der Waals surface area contributed by atoms with Crippen molar-refractivity contribution in [3.8, 4) is 0 Å². The number of amides is 1. The van der Waals surface area contributed by atoms with Gasteiger partial charge in [-0.3, -0.25) is 4.79 Å². The van der Waals surface area contributed by atoms with E-state index in [-0.39, 0.29) is 5.91 Å². The fourth-order valence-corrected chi connectivity index (χ4v) is 4.80. The molecule has 0 unspecified atom stereocenters. The normalized spacial score (nSPS) is 27.6. The van der Waals surface area contributed by atoms with Crippen LogP contribution in [0.15, 0.2) is 0 Å². The molecule has 1 heterocycles. The molecule has 2 N–H and O–H groups in total. The van der Waals surface area contributed by atoms with Gasteiger partial charge in [-0.2, -0.15) is 0 Å². The van der Waals surface area contributed by atoms with Crippen LogP contribution in [0.5, 0.6) is 0 Å². The molecule has 0 aromatic carbocycles. The highest BCUT2D eigenvalue weighted by atomic mass is 16.2. The highest BCUT2D eigenvalue weighted by molar-refractivity contribution is 5.86. The van der Waals surface area contributed by atoms with Crippen LogP contribution in [-0.2, 0) is 4.79 Å². The van der Waals surface area contributed by atoms with Crippen molar-refractivity contribution in [2.75, 3.05) is 32.7 Å². The van der Waals surface area contributed by atoms with Crippen LogP contribution >= 0.6 is 0 Å². The summed E-state index contributed by atoms with van der Waals surface area (Å²) in [6.45, 7) is 5.22. The van der Waals surface area contributed by atoms with Crippen LogP contribution in [0.4, 0.5) is 0 Å². The van der Waals surface area contributed by atoms with Crippen LogP contribution in [0, 0.1) is 5.92 Å². The molecular weight excluding hydrogens is 286 g/mol. The van der Waals surface area contributed by atoms with Crippen molar-refractivity contribution in [3.05, 3.63) is 0 Å². The molecule has 1 amide bonds. The second kappa shape index (κ2) is 7.98. The van der Waals surface area contributed by atoms with Crippen LogP contribution in [0.2, 0.25) is 0 Å². The first-order chi connectivity index (χ1) is 11.2. The zero-order chi connectivity index (χ0) is 16.1. The first-order valence-corrected chi connectivity index (χ1v) is 9.98. The van der Waals surface area contributed by atoms with E-state index in [2.05, 4.69) is 9.80 Å². The topological polar surface area (TPSA) is 49.6 Å². The van der Waals surface area contributed by atoms with Crippen molar-refractivity contribution in [1.82, 2.24) is 9.80 Å². The molecule has 0 spiro atoms. The molecule has 4 heteroatoms. The van der Waals surface area contributed by atoms with Crippen LogP contribution < -0.4 is 5.73 Å². The molecule has 3 rings (SSSR count). The van der Waals surface area contributed by atoms with Crippen molar-refractivity contribution in [2.45, 2.75) is 76.2 Å². The van der Waals surface area contributed by atoms with E-state index in [4.69, 9.17) is 5.73 Å². The Balaban J connectivity index is 1.50. The minimum absolute atomic E-state index is 0.233. The fourth-order valence-electron chi connectivity index (χ4n) is 4.80. The van der Waals surface area contributed by atoms with Gasteiger partial charge < -0.3 is 15.5 Å². The lowest BCUT2D eigenvalue weighted by Gasteiger charge is -2.36. The summed E-state index contributed by atoms with van der Waals surface area (Å²) in [6.07, 6.45) is 13.4. The van der Waals surface area contributed by atoms with E-state index in [1.807, 2.05) is 0 Å². The molecule has 0 bridgehead atoms. The SMILES string of the molecule is NC1(C(=O)N2CCCN(CC3CCCCC3)CC2)CCCCC1. The third-order valence-electron chi connectivity index (χ3n) is 6.29. The minimum atomic E-state index is -0.559. The van der Waals surface area contributed by atoms with Crippen LogP contribution in [0.25, 0.3) is 0 Å². The molecule has 132 valence electrons. The first-order valence-electron chi connectivity index (χ1n) is 9.98. The van der Waals surface area contributed by atoms with Gasteiger partial charge in [-0.15, -0.1) is 0 Å². The Hall–Kier alpha value is -0.610. The van der Waals surface area contributed by atoms with E-state index in [0.29, 0.717) is 0 Å². The molecule has 2 aliphatic carbocycles. The van der Waals surface area contributed by atoms with E-state index in [1.165, 1.54) is 45.1 Å². The van der Waals surface area contributed by atoms with Crippen molar-refractivity contribution in [2.24, 2.45) is 11.7 Å². The van der Waals surface area contributed by atoms with Gasteiger partial charge in [0.25, 0.3) is 0 Å².